The van der Waals surface area contributed by atoms with Crippen molar-refractivity contribution in [1.29, 1.82) is 0 Å². The van der Waals surface area contributed by atoms with Crippen molar-refractivity contribution in [3.8, 4) is 0 Å². The molecule has 1 unspecified atom stereocenters. The number of sulfonamides is 1. The van der Waals surface area contributed by atoms with Gasteiger partial charge in [-0.2, -0.15) is 0 Å². The first-order valence-electron chi connectivity index (χ1n) is 5.29. The molecule has 1 rings (SSSR count). The highest BCUT2D eigenvalue weighted by molar-refractivity contribution is 9.10. The second kappa shape index (κ2) is 6.32. The van der Waals surface area contributed by atoms with E-state index in [2.05, 4.69) is 31.0 Å². The Kier molecular flexibility index (Phi) is 5.35. The number of aromatic nitrogens is 1. The van der Waals surface area contributed by atoms with Crippen LogP contribution in [0.2, 0.25) is 0 Å². The van der Waals surface area contributed by atoms with Crippen LogP contribution in [0, 0.1) is 0 Å². The molecule has 0 spiro atoms. The summed E-state index contributed by atoms with van der Waals surface area (Å²) in [6, 6.07) is 3.35. The van der Waals surface area contributed by atoms with Crippen LogP contribution in [0.5, 0.6) is 0 Å². The molecule has 0 aliphatic rings. The van der Waals surface area contributed by atoms with Crippen LogP contribution in [-0.2, 0) is 10.0 Å². The van der Waals surface area contributed by atoms with Crippen molar-refractivity contribution >= 4 is 31.8 Å². The molecule has 0 aliphatic carbocycles. The predicted octanol–water partition coefficient (Wildman–Crippen LogP) is 1.58. The largest absolute Gasteiger partial charge is 0.316 e. The maximum atomic E-state index is 11.9. The molecule has 17 heavy (non-hydrogen) atoms. The zero-order valence-corrected chi connectivity index (χ0v) is 12.2. The monoisotopic (exact) mass is 321 g/mol. The van der Waals surface area contributed by atoms with Gasteiger partial charge in [0.25, 0.3) is 0 Å². The van der Waals surface area contributed by atoms with E-state index in [1.165, 1.54) is 0 Å². The normalized spacial score (nSPS) is 13.4. The highest BCUT2D eigenvalue weighted by Crippen LogP contribution is 2.13. The van der Waals surface area contributed by atoms with Crippen molar-refractivity contribution < 1.29 is 8.42 Å². The Morgan fingerprint density at radius 1 is 1.47 bits per heavy atom. The van der Waals surface area contributed by atoms with Crippen molar-refractivity contribution in [3.05, 3.63) is 22.8 Å². The highest BCUT2D eigenvalue weighted by Gasteiger charge is 2.20. The van der Waals surface area contributed by atoms with Gasteiger partial charge in [0.05, 0.1) is 5.25 Å². The van der Waals surface area contributed by atoms with E-state index in [9.17, 15) is 8.42 Å². The Bertz CT molecular complexity index is 447. The van der Waals surface area contributed by atoms with E-state index in [1.807, 2.05) is 6.92 Å². The smallest absolute Gasteiger partial charge is 0.237 e. The average molecular weight is 322 g/mol. The van der Waals surface area contributed by atoms with Crippen LogP contribution in [0.1, 0.15) is 13.8 Å². The summed E-state index contributed by atoms with van der Waals surface area (Å²) in [5.74, 6) is 0.330. The number of hydrogen-bond acceptors (Lipinski definition) is 4. The summed E-state index contributed by atoms with van der Waals surface area (Å²) in [6.45, 7) is 4.76. The van der Waals surface area contributed by atoms with Crippen molar-refractivity contribution in [1.82, 2.24) is 10.3 Å². The second-order valence-electron chi connectivity index (χ2n) is 3.63. The first-order valence-corrected chi connectivity index (χ1v) is 7.63. The molecule has 1 aromatic rings. The van der Waals surface area contributed by atoms with Crippen LogP contribution in [0.3, 0.4) is 0 Å². The molecule has 7 heteroatoms. The maximum absolute atomic E-state index is 11.9. The van der Waals surface area contributed by atoms with Gasteiger partial charge in [0, 0.05) is 17.2 Å². The first kappa shape index (κ1) is 14.4. The number of halogens is 1. The molecular weight excluding hydrogens is 306 g/mol. The van der Waals surface area contributed by atoms with Gasteiger partial charge in [-0.3, -0.25) is 4.72 Å². The molecule has 0 fully saturated rings. The Morgan fingerprint density at radius 3 is 2.71 bits per heavy atom. The Labute approximate surface area is 110 Å². The fraction of sp³-hybridized carbons (Fsp3) is 0.500. The molecule has 0 aliphatic heterocycles. The highest BCUT2D eigenvalue weighted by atomic mass is 79.9. The second-order valence-corrected chi connectivity index (χ2v) is 6.64. The van der Waals surface area contributed by atoms with Gasteiger partial charge >= 0.3 is 0 Å². The maximum Gasteiger partial charge on any atom is 0.237 e. The third kappa shape index (κ3) is 4.61. The Hall–Kier alpha value is -0.660. The molecule has 1 aromatic heterocycles. The van der Waals surface area contributed by atoms with Gasteiger partial charge in [-0.05, 0) is 41.5 Å². The summed E-state index contributed by atoms with van der Waals surface area (Å²) in [4.78, 5) is 3.97. The minimum atomic E-state index is -3.39. The van der Waals surface area contributed by atoms with Gasteiger partial charge in [0.1, 0.15) is 5.82 Å². The summed E-state index contributed by atoms with van der Waals surface area (Å²) in [6.07, 6.45) is 1.55. The number of hydrogen-bond donors (Lipinski definition) is 2. The zero-order chi connectivity index (χ0) is 12.9. The molecule has 1 atom stereocenters. The molecule has 0 amide bonds. The van der Waals surface area contributed by atoms with Gasteiger partial charge in [0.2, 0.25) is 10.0 Å². The van der Waals surface area contributed by atoms with Gasteiger partial charge in [-0.15, -0.1) is 0 Å². The molecular formula is C10H16BrN3O2S. The van der Waals surface area contributed by atoms with Crippen LogP contribution in [-0.4, -0.2) is 31.7 Å². The van der Waals surface area contributed by atoms with E-state index in [1.54, 1.807) is 25.3 Å². The van der Waals surface area contributed by atoms with E-state index >= 15 is 0 Å². The van der Waals surface area contributed by atoms with Crippen LogP contribution in [0.15, 0.2) is 22.8 Å². The quantitative estimate of drug-likeness (QED) is 0.834. The lowest BCUT2D eigenvalue weighted by Gasteiger charge is -2.14. The van der Waals surface area contributed by atoms with Crippen LogP contribution in [0.4, 0.5) is 5.82 Å². The fourth-order valence-corrected chi connectivity index (χ4v) is 2.33. The molecule has 1 heterocycles. The number of rotatable bonds is 6. The topological polar surface area (TPSA) is 71.1 Å². The van der Waals surface area contributed by atoms with Gasteiger partial charge < -0.3 is 5.32 Å². The summed E-state index contributed by atoms with van der Waals surface area (Å²) >= 11 is 3.24. The van der Waals surface area contributed by atoms with E-state index in [0.29, 0.717) is 12.4 Å². The molecule has 0 saturated heterocycles. The predicted molar refractivity (Wildman–Crippen MR) is 72.5 cm³/mol. The van der Waals surface area contributed by atoms with E-state index in [-0.39, 0.29) is 0 Å². The first-order chi connectivity index (χ1) is 7.95. The Balaban J connectivity index is 2.69. The van der Waals surface area contributed by atoms with Crippen LogP contribution in [0.25, 0.3) is 0 Å². The van der Waals surface area contributed by atoms with Crippen molar-refractivity contribution in [2.75, 3.05) is 17.8 Å². The molecule has 96 valence electrons. The lowest BCUT2D eigenvalue weighted by Crippen LogP contribution is -2.34. The standard InChI is InChI=1S/C10H16BrN3O2S/c1-3-12-6-8(2)17(15,16)14-10-5-4-9(11)7-13-10/h4-5,7-8,12H,3,6H2,1-2H3,(H,13,14). The number of nitrogens with zero attached hydrogens (tertiary/aromatic N) is 1. The lowest BCUT2D eigenvalue weighted by molar-refractivity contribution is 0.579. The molecule has 0 saturated carbocycles. The summed E-state index contributed by atoms with van der Waals surface area (Å²) in [5, 5.41) is 2.50. The van der Waals surface area contributed by atoms with Crippen molar-refractivity contribution in [2.45, 2.75) is 19.1 Å². The van der Waals surface area contributed by atoms with E-state index in [4.69, 9.17) is 0 Å². The minimum Gasteiger partial charge on any atom is -0.316 e. The number of nitrogens with one attached hydrogen (secondary N) is 2. The van der Waals surface area contributed by atoms with Gasteiger partial charge in [0.15, 0.2) is 0 Å². The number of pyridine rings is 1. The van der Waals surface area contributed by atoms with Crippen molar-refractivity contribution in [3.63, 3.8) is 0 Å². The third-order valence-electron chi connectivity index (χ3n) is 2.19. The van der Waals surface area contributed by atoms with Crippen molar-refractivity contribution in [2.24, 2.45) is 0 Å². The van der Waals surface area contributed by atoms with E-state index in [0.717, 1.165) is 11.0 Å². The van der Waals surface area contributed by atoms with Crippen LogP contribution < -0.4 is 10.0 Å². The molecule has 0 radical (unpaired) electrons. The Morgan fingerprint density at radius 2 is 2.18 bits per heavy atom. The summed E-state index contributed by atoms with van der Waals surface area (Å²) < 4.78 is 27.0. The summed E-state index contributed by atoms with van der Waals surface area (Å²) in [7, 11) is -3.39. The van der Waals surface area contributed by atoms with Gasteiger partial charge in [-0.1, -0.05) is 6.92 Å². The average Bonchev–Trinajstić information content (AvgIpc) is 2.28. The third-order valence-corrected chi connectivity index (χ3v) is 4.37. The zero-order valence-electron chi connectivity index (χ0n) is 9.77. The SMILES string of the molecule is CCNCC(C)S(=O)(=O)Nc1ccc(Br)cn1. The fourth-order valence-electron chi connectivity index (χ4n) is 1.14. The molecule has 5 nitrogen and oxygen atoms in total. The van der Waals surface area contributed by atoms with Gasteiger partial charge in [-0.25, -0.2) is 13.4 Å². The molecule has 0 bridgehead atoms. The lowest BCUT2D eigenvalue weighted by atomic mass is 10.5. The molecule has 0 aromatic carbocycles. The summed E-state index contributed by atoms with van der Waals surface area (Å²) in [5.41, 5.74) is 0. The number of anilines is 1. The minimum absolute atomic E-state index is 0.330. The van der Waals surface area contributed by atoms with Crippen LogP contribution >= 0.6 is 15.9 Å². The van der Waals surface area contributed by atoms with E-state index < -0.39 is 15.3 Å². The molecule has 2 N–H and O–H groups in total.